The number of benzene rings is 9. The Labute approximate surface area is 770 Å². The molecular formula is C97H85ClF9N19O7S. The first-order valence-corrected chi connectivity index (χ1v) is 44.2. The third kappa shape index (κ3) is 25.0. The SMILES string of the molecule is O=C(O)C(Cc1ccc(-c2ccc(C(F)(F)F)cc2)cc1)Nc1nc(-c2ccc(C(F)(F)F)cc2)nc(N2CCN(c3ccccn3)CC2)n1.O=C(O)C(Cc1ccc(Cl)cc1)Nc1nc(-c2ccc(-c3ccccc3)cc2)nc(N2CCN(c3ccccn3)CC2)n1.O=C(O)[C@H](CS(=O)Cc1ccccc1)Nc1nc(-c2ccc(C(F)(F)F)cc2)nc(N2CCc3ccccc3C2)n1. The molecule has 37 heteroatoms. The van der Waals surface area contributed by atoms with E-state index in [1.54, 1.807) is 48.8 Å². The van der Waals surface area contributed by atoms with E-state index in [0.29, 0.717) is 91.4 Å². The summed E-state index contributed by atoms with van der Waals surface area (Å²) in [6, 6.07) is 70.6. The number of nitrogens with zero attached hydrogens (tertiary/aromatic N) is 16. The van der Waals surface area contributed by atoms with Crippen LogP contribution in [0, 0.1) is 0 Å². The quantitative estimate of drug-likeness (QED) is 0.0261. The van der Waals surface area contributed by atoms with Crippen LogP contribution in [0.2, 0.25) is 5.02 Å². The number of aromatic nitrogens is 11. The Balaban J connectivity index is 0.000000154. The number of fused-ring (bicyclic) bond motifs is 1. The van der Waals surface area contributed by atoms with Crippen molar-refractivity contribution in [3.8, 4) is 56.4 Å². The Morgan fingerprint density at radius 1 is 0.343 bits per heavy atom. The molecule has 3 unspecified atom stereocenters. The number of aliphatic carboxylic acids is 3. The van der Waals surface area contributed by atoms with Crippen LogP contribution in [0.4, 0.5) is 86.8 Å². The number of rotatable bonds is 27. The molecule has 17 rings (SSSR count). The lowest BCUT2D eigenvalue weighted by molar-refractivity contribution is -0.138. The third-order valence-electron chi connectivity index (χ3n) is 22.2. The fraction of sp³-hybridized carbons (Fsp3) is 0.216. The van der Waals surface area contributed by atoms with Crippen LogP contribution in [-0.4, -0.2) is 175 Å². The van der Waals surface area contributed by atoms with Gasteiger partial charge in [0.25, 0.3) is 0 Å². The van der Waals surface area contributed by atoms with Crippen molar-refractivity contribution >= 4 is 87.6 Å². The number of hydrogen-bond acceptors (Lipinski definition) is 23. The van der Waals surface area contributed by atoms with Crippen molar-refractivity contribution in [2.45, 2.75) is 68.2 Å². The molecule has 9 aromatic carbocycles. The third-order valence-corrected chi connectivity index (χ3v) is 23.8. The fourth-order valence-electron chi connectivity index (χ4n) is 15.0. The maximum absolute atomic E-state index is 13.2. The average molecular weight is 1870 g/mol. The number of anilines is 8. The summed E-state index contributed by atoms with van der Waals surface area (Å²) in [6.07, 6.45) is -9.03. The molecule has 686 valence electrons. The highest BCUT2D eigenvalue weighted by Crippen LogP contribution is 2.37. The zero-order chi connectivity index (χ0) is 94.0. The van der Waals surface area contributed by atoms with Crippen molar-refractivity contribution in [1.29, 1.82) is 0 Å². The summed E-state index contributed by atoms with van der Waals surface area (Å²) in [4.78, 5) is 96.9. The Bertz CT molecular complexity index is 6360. The Morgan fingerprint density at radius 3 is 1.07 bits per heavy atom. The van der Waals surface area contributed by atoms with Crippen LogP contribution >= 0.6 is 11.6 Å². The highest BCUT2D eigenvalue weighted by atomic mass is 35.5. The molecule has 134 heavy (non-hydrogen) atoms. The molecule has 0 radical (unpaired) electrons. The van der Waals surface area contributed by atoms with E-state index in [0.717, 1.165) is 101 Å². The van der Waals surface area contributed by atoms with Crippen molar-refractivity contribution < 1.29 is 73.4 Å². The number of piperazine rings is 2. The maximum atomic E-state index is 13.2. The Hall–Kier alpha value is -15.1. The predicted octanol–water partition coefficient (Wildman–Crippen LogP) is 17.7. The molecule has 3 aliphatic rings. The van der Waals surface area contributed by atoms with Gasteiger partial charge in [0.2, 0.25) is 35.7 Å². The lowest BCUT2D eigenvalue weighted by Gasteiger charge is -2.35. The van der Waals surface area contributed by atoms with Crippen molar-refractivity contribution in [2.24, 2.45) is 0 Å². The highest BCUT2D eigenvalue weighted by molar-refractivity contribution is 7.84. The normalized spacial score (nSPS) is 14.3. The number of carbonyl (C=O) groups is 3. The molecule has 6 N–H and O–H groups in total. The van der Waals surface area contributed by atoms with E-state index in [9.17, 15) is 73.4 Å². The first-order valence-electron chi connectivity index (χ1n) is 42.3. The molecule has 5 aromatic heterocycles. The molecule has 2 fully saturated rings. The molecule has 0 spiro atoms. The van der Waals surface area contributed by atoms with Crippen molar-refractivity contribution in [3.05, 3.63) is 329 Å². The van der Waals surface area contributed by atoms with Crippen molar-refractivity contribution in [1.82, 2.24) is 54.8 Å². The number of carboxylic acid groups (broad SMARTS) is 3. The number of carboxylic acids is 3. The van der Waals surface area contributed by atoms with Gasteiger partial charge in [-0.1, -0.05) is 206 Å². The smallest absolute Gasteiger partial charge is 0.416 e. The van der Waals surface area contributed by atoms with Gasteiger partial charge in [-0.05, 0) is 129 Å². The first-order chi connectivity index (χ1) is 64.5. The summed E-state index contributed by atoms with van der Waals surface area (Å²) >= 11 is 6.03. The lowest BCUT2D eigenvalue weighted by atomic mass is 10.00. The molecule has 2 saturated heterocycles. The molecule has 4 atom stereocenters. The van der Waals surface area contributed by atoms with E-state index in [2.05, 4.69) is 87.6 Å². The average Bonchev–Trinajstić information content (AvgIpc) is 0.802. The standard InChI is InChI=1S/C35H29F6N7O2.C33H30ClN7O2.C29H26F3N5O3S/c36-34(37,38)26-12-8-24(9-13-26)23-6-4-22(5-7-23)21-28(31(49)50)43-32-44-30(25-10-14-27(15-11-25)35(39,40)41)45-33(46-32)48-19-17-47(18-20-48)29-3-1-2-16-42-29;34-27-15-9-23(10-16-27)22-28(31(42)43)36-32-37-30(26-13-11-25(12-14-26)24-6-2-1-3-7-24)38-33(39-32)41-20-18-40(19-21-41)29-8-4-5-17-35-29;30-29(31,32)23-12-10-21(11-13-23)25-34-27(33-24(26(38)39)18-41(40)17-19-6-2-1-3-7-19)36-28(35-25)37-15-14-20-8-4-5-9-22(20)16-37/h1-16,28H,17-21H2,(H,49,50)(H,43,44,45,46);1-17,28H,18-22H2,(H,42,43)(H,36,37,38,39);1-13,24H,14-18H2,(H,38,39)(H,33,34,35,36)/t;;24-,41?/m..0/s1. The minimum absolute atomic E-state index is 0.0119. The van der Waals surface area contributed by atoms with Gasteiger partial charge in [-0.2, -0.15) is 84.4 Å². The minimum Gasteiger partial charge on any atom is -0.480 e. The fourth-order valence-corrected chi connectivity index (χ4v) is 16.4. The van der Waals surface area contributed by atoms with Gasteiger partial charge in [0, 0.05) is 129 Å². The summed E-state index contributed by atoms with van der Waals surface area (Å²) in [5.74, 6) is -0.0998. The second-order valence-electron chi connectivity index (χ2n) is 31.4. The van der Waals surface area contributed by atoms with Gasteiger partial charge in [0.05, 0.1) is 22.4 Å². The number of nitrogens with one attached hydrogen (secondary N) is 3. The number of pyridine rings is 2. The first kappa shape index (κ1) is 93.6. The van der Waals surface area contributed by atoms with E-state index >= 15 is 0 Å². The zero-order valence-corrected chi connectivity index (χ0v) is 72.8. The number of alkyl halides is 9. The Morgan fingerprint density at radius 2 is 0.672 bits per heavy atom. The maximum Gasteiger partial charge on any atom is 0.416 e. The van der Waals surface area contributed by atoms with Gasteiger partial charge in [0.1, 0.15) is 29.8 Å². The lowest BCUT2D eigenvalue weighted by Crippen LogP contribution is -2.47. The number of halogens is 10. The van der Waals surface area contributed by atoms with Crippen LogP contribution < -0.4 is 40.4 Å². The van der Waals surface area contributed by atoms with Crippen LogP contribution in [0.1, 0.15) is 44.5 Å². The van der Waals surface area contributed by atoms with E-state index in [4.69, 9.17) is 21.6 Å². The van der Waals surface area contributed by atoms with Crippen LogP contribution in [0.25, 0.3) is 56.4 Å². The minimum atomic E-state index is -4.53. The second-order valence-corrected chi connectivity index (χ2v) is 33.3. The largest absolute Gasteiger partial charge is 0.480 e. The van der Waals surface area contributed by atoms with Crippen molar-refractivity contribution in [2.75, 3.05) is 105 Å². The van der Waals surface area contributed by atoms with Crippen LogP contribution in [0.5, 0.6) is 0 Å². The molecule has 26 nitrogen and oxygen atoms in total. The van der Waals surface area contributed by atoms with Gasteiger partial charge in [-0.15, -0.1) is 0 Å². The molecule has 0 amide bonds. The summed E-state index contributed by atoms with van der Waals surface area (Å²) in [5.41, 5.74) is 6.94. The summed E-state index contributed by atoms with van der Waals surface area (Å²) in [7, 11) is -1.51. The van der Waals surface area contributed by atoms with Gasteiger partial charge in [0.15, 0.2) is 17.5 Å². The van der Waals surface area contributed by atoms with Crippen molar-refractivity contribution in [3.63, 3.8) is 0 Å². The van der Waals surface area contributed by atoms with E-state index in [-0.39, 0.29) is 71.3 Å². The monoisotopic (exact) mass is 1870 g/mol. The van der Waals surface area contributed by atoms with Crippen LogP contribution in [0.3, 0.4) is 0 Å². The van der Waals surface area contributed by atoms with Gasteiger partial charge in [-0.25, -0.2) is 24.4 Å². The van der Waals surface area contributed by atoms with Gasteiger partial charge in [-0.3, -0.25) is 4.21 Å². The predicted molar refractivity (Wildman–Crippen MR) is 494 cm³/mol. The molecule has 0 aliphatic carbocycles. The molecule has 0 saturated carbocycles. The molecule has 0 bridgehead atoms. The second kappa shape index (κ2) is 42.4. The van der Waals surface area contributed by atoms with Gasteiger partial charge >= 0.3 is 36.4 Å². The number of hydrogen-bond donors (Lipinski definition) is 6. The van der Waals surface area contributed by atoms with E-state index in [1.165, 1.54) is 42.0 Å². The molecule has 3 aliphatic heterocycles. The van der Waals surface area contributed by atoms with Gasteiger partial charge < -0.3 is 55.8 Å². The summed E-state index contributed by atoms with van der Waals surface area (Å²) in [6.45, 7) is 6.08. The van der Waals surface area contributed by atoms with Crippen LogP contribution in [0.15, 0.2) is 279 Å². The topological polar surface area (TPSA) is 323 Å². The highest BCUT2D eigenvalue weighted by Gasteiger charge is 2.35. The molecule has 14 aromatic rings. The summed E-state index contributed by atoms with van der Waals surface area (Å²) < 4.78 is 131. The molecule has 8 heterocycles. The molecular weight excluding hydrogens is 1780 g/mol. The summed E-state index contributed by atoms with van der Waals surface area (Å²) in [5, 5.41) is 39.3. The van der Waals surface area contributed by atoms with E-state index in [1.807, 2.05) is 155 Å². The van der Waals surface area contributed by atoms with E-state index < -0.39 is 82.1 Å². The Kier molecular flexibility index (Phi) is 29.6. The zero-order valence-electron chi connectivity index (χ0n) is 71.2. The van der Waals surface area contributed by atoms with Crippen LogP contribution in [-0.2, 0) is 75.3 Å².